The molecule has 0 saturated carbocycles. The Morgan fingerprint density at radius 1 is 0.870 bits per heavy atom. The molecule has 0 spiro atoms. The first-order chi connectivity index (χ1) is 11.2. The van der Waals surface area contributed by atoms with Gasteiger partial charge in [0, 0.05) is 19.4 Å². The predicted molar refractivity (Wildman–Crippen MR) is 95.8 cm³/mol. The van der Waals surface area contributed by atoms with Gasteiger partial charge in [0.1, 0.15) is 0 Å². The summed E-state index contributed by atoms with van der Waals surface area (Å²) < 4.78 is 0. The van der Waals surface area contributed by atoms with Crippen molar-refractivity contribution in [1.82, 2.24) is 10.0 Å². The van der Waals surface area contributed by atoms with Crippen LogP contribution in [0.5, 0.6) is 0 Å². The molecule has 0 aromatic heterocycles. The summed E-state index contributed by atoms with van der Waals surface area (Å²) >= 11 is 0. The number of carbonyl (C=O) groups is 1. The average Bonchev–Trinajstić information content (AvgIpc) is 2.62. The van der Waals surface area contributed by atoms with E-state index in [-0.39, 0.29) is 5.91 Å². The molecule has 3 heteroatoms. The molecule has 2 aromatic rings. The number of rotatable bonds is 6. The predicted octanol–water partition coefficient (Wildman–Crippen LogP) is 4.19. The molecule has 0 aliphatic heterocycles. The number of hydrogen-bond donors (Lipinski definition) is 0. The topological polar surface area (TPSA) is 23.6 Å². The van der Waals surface area contributed by atoms with E-state index in [1.165, 1.54) is 11.1 Å². The summed E-state index contributed by atoms with van der Waals surface area (Å²) in [5.74, 6) is -0.180. The van der Waals surface area contributed by atoms with Crippen molar-refractivity contribution in [1.29, 1.82) is 0 Å². The summed E-state index contributed by atoms with van der Waals surface area (Å²) in [6.07, 6.45) is 8.87. The molecule has 0 radical (unpaired) electrons. The Hall–Kier alpha value is -3.07. The largest absolute Gasteiger partial charge is 0.268 e. The van der Waals surface area contributed by atoms with Crippen LogP contribution >= 0.6 is 0 Å². The van der Waals surface area contributed by atoms with Gasteiger partial charge in [-0.1, -0.05) is 67.2 Å². The third kappa shape index (κ3) is 5.00. The zero-order chi connectivity index (χ0) is 16.5. The average molecular weight is 304 g/mol. The molecule has 2 aromatic carbocycles. The monoisotopic (exact) mass is 304 g/mol. The van der Waals surface area contributed by atoms with Crippen LogP contribution in [-0.4, -0.2) is 23.0 Å². The molecule has 0 saturated heterocycles. The lowest BCUT2D eigenvalue weighted by atomic mass is 10.2. The van der Waals surface area contributed by atoms with Crippen LogP contribution in [0.3, 0.4) is 0 Å². The molecule has 0 bridgehead atoms. The molecule has 0 aliphatic rings. The molecule has 0 unspecified atom stereocenters. The number of hydrogen-bond acceptors (Lipinski definition) is 2. The van der Waals surface area contributed by atoms with Crippen LogP contribution in [0.4, 0.5) is 0 Å². The van der Waals surface area contributed by atoms with E-state index in [2.05, 4.69) is 6.58 Å². The first-order valence-corrected chi connectivity index (χ1v) is 7.35. The second-order valence-corrected chi connectivity index (χ2v) is 4.90. The Morgan fingerprint density at radius 2 is 1.30 bits per heavy atom. The van der Waals surface area contributed by atoms with Crippen LogP contribution in [0.25, 0.3) is 12.2 Å². The highest BCUT2D eigenvalue weighted by molar-refractivity contribution is 5.86. The lowest BCUT2D eigenvalue weighted by Gasteiger charge is -2.26. The maximum absolute atomic E-state index is 11.9. The van der Waals surface area contributed by atoms with Crippen LogP contribution in [0.1, 0.15) is 11.1 Å². The third-order valence-corrected chi connectivity index (χ3v) is 3.28. The standard InChI is InChI=1S/C20H20N2O/c1-3-20(23)21(2)22(16-14-18-10-6-4-7-11-18)17-15-19-12-8-5-9-13-19/h3-17H,1H2,2H3. The zero-order valence-corrected chi connectivity index (χ0v) is 13.2. The van der Waals surface area contributed by atoms with Crippen molar-refractivity contribution >= 4 is 18.1 Å². The summed E-state index contributed by atoms with van der Waals surface area (Å²) in [6.45, 7) is 3.53. The summed E-state index contributed by atoms with van der Waals surface area (Å²) in [5.41, 5.74) is 2.12. The number of hydrazine groups is 1. The minimum absolute atomic E-state index is 0.180. The lowest BCUT2D eigenvalue weighted by molar-refractivity contribution is -0.133. The van der Waals surface area contributed by atoms with E-state index in [4.69, 9.17) is 0 Å². The highest BCUT2D eigenvalue weighted by atomic mass is 16.2. The van der Waals surface area contributed by atoms with E-state index in [9.17, 15) is 4.79 Å². The molecule has 116 valence electrons. The van der Waals surface area contributed by atoms with E-state index in [1.807, 2.05) is 85.2 Å². The minimum Gasteiger partial charge on any atom is -0.268 e. The van der Waals surface area contributed by atoms with Gasteiger partial charge >= 0.3 is 0 Å². The normalized spacial score (nSPS) is 10.8. The fourth-order valence-electron chi connectivity index (χ4n) is 1.95. The van der Waals surface area contributed by atoms with Gasteiger partial charge in [0.15, 0.2) is 0 Å². The maximum Gasteiger partial charge on any atom is 0.264 e. The number of likely N-dealkylation sites (N-methyl/N-ethyl adjacent to an activating group) is 1. The summed E-state index contributed by atoms with van der Waals surface area (Å²) in [5, 5.41) is 3.22. The number of benzene rings is 2. The summed E-state index contributed by atoms with van der Waals surface area (Å²) in [6, 6.07) is 19.9. The Morgan fingerprint density at radius 3 is 1.70 bits per heavy atom. The fraction of sp³-hybridized carbons (Fsp3) is 0.0500. The SMILES string of the molecule is C=CC(=O)N(C)N(C=Cc1ccccc1)C=Cc1ccccc1. The first-order valence-electron chi connectivity index (χ1n) is 7.35. The van der Waals surface area contributed by atoms with E-state index in [1.54, 1.807) is 12.1 Å². The molecule has 0 atom stereocenters. The van der Waals surface area contributed by atoms with Crippen LogP contribution in [0.2, 0.25) is 0 Å². The quantitative estimate of drug-likeness (QED) is 0.590. The van der Waals surface area contributed by atoms with Crippen LogP contribution in [0, 0.1) is 0 Å². The first kappa shape index (κ1) is 16.3. The molecule has 3 nitrogen and oxygen atoms in total. The van der Waals surface area contributed by atoms with Crippen molar-refractivity contribution in [2.24, 2.45) is 0 Å². The molecule has 0 heterocycles. The van der Waals surface area contributed by atoms with Crippen molar-refractivity contribution in [2.45, 2.75) is 0 Å². The van der Waals surface area contributed by atoms with E-state index >= 15 is 0 Å². The van der Waals surface area contributed by atoms with Crippen molar-refractivity contribution in [3.05, 3.63) is 96.8 Å². The van der Waals surface area contributed by atoms with Gasteiger partial charge in [0.25, 0.3) is 5.91 Å². The van der Waals surface area contributed by atoms with Gasteiger partial charge in [-0.3, -0.25) is 9.80 Å². The molecule has 0 fully saturated rings. The van der Waals surface area contributed by atoms with E-state index in [0.717, 1.165) is 11.1 Å². The molecule has 0 N–H and O–H groups in total. The zero-order valence-electron chi connectivity index (χ0n) is 13.2. The second kappa shape index (κ2) is 8.39. The van der Waals surface area contributed by atoms with E-state index in [0.29, 0.717) is 0 Å². The minimum atomic E-state index is -0.180. The fourth-order valence-corrected chi connectivity index (χ4v) is 1.95. The smallest absolute Gasteiger partial charge is 0.264 e. The number of amides is 1. The number of nitrogens with zero attached hydrogens (tertiary/aromatic N) is 2. The number of carbonyl (C=O) groups excluding carboxylic acids is 1. The molecular weight excluding hydrogens is 284 g/mol. The van der Waals surface area contributed by atoms with Crippen molar-refractivity contribution in [2.75, 3.05) is 7.05 Å². The Balaban J connectivity index is 2.21. The van der Waals surface area contributed by atoms with Crippen molar-refractivity contribution in [3.63, 3.8) is 0 Å². The Kier molecular flexibility index (Phi) is 5.95. The molecule has 23 heavy (non-hydrogen) atoms. The van der Waals surface area contributed by atoms with Crippen molar-refractivity contribution < 1.29 is 4.79 Å². The molecular formula is C20H20N2O. The van der Waals surface area contributed by atoms with Gasteiger partial charge in [-0.25, -0.2) is 5.01 Å². The van der Waals surface area contributed by atoms with Gasteiger partial charge < -0.3 is 0 Å². The van der Waals surface area contributed by atoms with Gasteiger partial charge in [-0.05, 0) is 29.4 Å². The molecule has 1 amide bonds. The molecule has 0 aliphatic carbocycles. The van der Waals surface area contributed by atoms with Crippen LogP contribution in [0.15, 0.2) is 85.7 Å². The lowest BCUT2D eigenvalue weighted by Crippen LogP contribution is -2.35. The third-order valence-electron chi connectivity index (χ3n) is 3.28. The highest BCUT2D eigenvalue weighted by Crippen LogP contribution is 2.08. The second-order valence-electron chi connectivity index (χ2n) is 4.90. The Labute approximate surface area is 137 Å². The highest BCUT2D eigenvalue weighted by Gasteiger charge is 2.08. The van der Waals surface area contributed by atoms with Gasteiger partial charge in [-0.15, -0.1) is 0 Å². The summed E-state index contributed by atoms with van der Waals surface area (Å²) in [7, 11) is 1.70. The van der Waals surface area contributed by atoms with Crippen LogP contribution < -0.4 is 0 Å². The molecule has 2 rings (SSSR count). The summed E-state index contributed by atoms with van der Waals surface area (Å²) in [4.78, 5) is 11.9. The van der Waals surface area contributed by atoms with Gasteiger partial charge in [0.2, 0.25) is 0 Å². The van der Waals surface area contributed by atoms with E-state index < -0.39 is 0 Å². The maximum atomic E-state index is 11.9. The van der Waals surface area contributed by atoms with Crippen LogP contribution in [-0.2, 0) is 4.79 Å². The van der Waals surface area contributed by atoms with Crippen molar-refractivity contribution in [3.8, 4) is 0 Å². The Bertz CT molecular complexity index is 641. The van der Waals surface area contributed by atoms with Gasteiger partial charge in [0.05, 0.1) is 0 Å². The van der Waals surface area contributed by atoms with Gasteiger partial charge in [-0.2, -0.15) is 0 Å².